The number of benzene rings is 1. The van der Waals surface area contributed by atoms with Crippen LogP contribution in [0.2, 0.25) is 0 Å². The van der Waals surface area contributed by atoms with Crippen molar-refractivity contribution in [1.29, 1.82) is 0 Å². The van der Waals surface area contributed by atoms with Gasteiger partial charge in [0.25, 0.3) is 5.91 Å². The lowest BCUT2D eigenvalue weighted by Gasteiger charge is -2.34. The molecule has 1 amide bonds. The molecule has 124 valence electrons. The Kier molecular flexibility index (Phi) is 3.68. The van der Waals surface area contributed by atoms with Gasteiger partial charge < -0.3 is 10.0 Å². The normalized spacial score (nSPS) is 18.6. The van der Waals surface area contributed by atoms with Gasteiger partial charge in [-0.3, -0.25) is 4.79 Å². The van der Waals surface area contributed by atoms with Crippen LogP contribution < -0.4 is 4.90 Å². The van der Waals surface area contributed by atoms with Crippen molar-refractivity contribution < 1.29 is 14.7 Å². The third-order valence-electron chi connectivity index (χ3n) is 5.35. The summed E-state index contributed by atoms with van der Waals surface area (Å²) in [4.78, 5) is 26.9. The van der Waals surface area contributed by atoms with Crippen LogP contribution in [-0.4, -0.2) is 23.5 Å². The molecule has 2 aromatic rings. The minimum absolute atomic E-state index is 0.0248. The molecule has 0 bridgehead atoms. The summed E-state index contributed by atoms with van der Waals surface area (Å²) in [5.74, 6) is -0.886. The molecule has 2 aliphatic rings. The van der Waals surface area contributed by atoms with Gasteiger partial charge in [0.15, 0.2) is 0 Å². The summed E-state index contributed by atoms with van der Waals surface area (Å²) >= 11 is 1.45. The van der Waals surface area contributed by atoms with Gasteiger partial charge in [-0.15, -0.1) is 11.3 Å². The number of carboxylic acids is 1. The second-order valence-corrected chi connectivity index (χ2v) is 7.69. The van der Waals surface area contributed by atoms with E-state index >= 15 is 0 Å². The lowest BCUT2D eigenvalue weighted by Crippen LogP contribution is -2.38. The second-order valence-electron chi connectivity index (χ2n) is 6.75. The monoisotopic (exact) mass is 341 g/mol. The lowest BCUT2D eigenvalue weighted by molar-refractivity contribution is 0.0696. The van der Waals surface area contributed by atoms with E-state index in [1.807, 2.05) is 28.5 Å². The van der Waals surface area contributed by atoms with Crippen LogP contribution in [0.15, 0.2) is 35.7 Å². The van der Waals surface area contributed by atoms with Crippen LogP contribution in [0.25, 0.3) is 0 Å². The fraction of sp³-hybridized carbons (Fsp3) is 0.368. The Morgan fingerprint density at radius 3 is 2.58 bits per heavy atom. The van der Waals surface area contributed by atoms with E-state index in [1.54, 1.807) is 12.1 Å². The van der Waals surface area contributed by atoms with Crippen LogP contribution in [0.1, 0.15) is 57.7 Å². The molecule has 0 atom stereocenters. The maximum absolute atomic E-state index is 12.9. The van der Waals surface area contributed by atoms with Crippen LogP contribution in [0.4, 0.5) is 5.69 Å². The van der Waals surface area contributed by atoms with E-state index in [2.05, 4.69) is 0 Å². The Hall–Kier alpha value is -2.14. The minimum atomic E-state index is -0.910. The van der Waals surface area contributed by atoms with E-state index in [4.69, 9.17) is 0 Å². The number of nitrogens with zero attached hydrogens (tertiary/aromatic N) is 1. The Morgan fingerprint density at radius 2 is 1.92 bits per heavy atom. The second kappa shape index (κ2) is 5.74. The molecule has 1 N–H and O–H groups in total. The molecule has 0 unspecified atom stereocenters. The first-order valence-electron chi connectivity index (χ1n) is 8.34. The lowest BCUT2D eigenvalue weighted by atomic mass is 9.70. The Bertz CT molecular complexity index is 791. The molecule has 4 rings (SSSR count). The van der Waals surface area contributed by atoms with E-state index in [0.717, 1.165) is 41.8 Å². The zero-order valence-corrected chi connectivity index (χ0v) is 14.1. The van der Waals surface area contributed by atoms with Crippen LogP contribution in [0.3, 0.4) is 0 Å². The van der Waals surface area contributed by atoms with Crippen molar-refractivity contribution in [2.45, 2.75) is 37.5 Å². The van der Waals surface area contributed by atoms with Crippen molar-refractivity contribution in [2.24, 2.45) is 0 Å². The molecule has 0 radical (unpaired) electrons. The molecule has 4 nitrogen and oxygen atoms in total. The number of carbonyl (C=O) groups excluding carboxylic acids is 1. The van der Waals surface area contributed by atoms with Crippen molar-refractivity contribution in [2.75, 3.05) is 11.4 Å². The van der Waals surface area contributed by atoms with Gasteiger partial charge in [0.05, 0.1) is 10.4 Å². The first kappa shape index (κ1) is 15.4. The quantitative estimate of drug-likeness (QED) is 0.885. The summed E-state index contributed by atoms with van der Waals surface area (Å²) in [6.07, 6.45) is 5.54. The maximum Gasteiger partial charge on any atom is 0.335 e. The fourth-order valence-electron chi connectivity index (χ4n) is 4.17. The third-order valence-corrected chi connectivity index (χ3v) is 6.21. The van der Waals surface area contributed by atoms with Gasteiger partial charge >= 0.3 is 5.97 Å². The maximum atomic E-state index is 12.9. The smallest absolute Gasteiger partial charge is 0.335 e. The molecule has 1 fully saturated rings. The summed E-state index contributed by atoms with van der Waals surface area (Å²) in [5, 5.41) is 11.3. The zero-order valence-electron chi connectivity index (χ0n) is 13.3. The number of carboxylic acid groups (broad SMARTS) is 1. The highest BCUT2D eigenvalue weighted by Crippen LogP contribution is 2.50. The molecule has 1 aliphatic carbocycles. The predicted octanol–water partition coefficient (Wildman–Crippen LogP) is 4.31. The number of hydrogen-bond donors (Lipinski definition) is 1. The Morgan fingerprint density at radius 1 is 1.12 bits per heavy atom. The average Bonchev–Trinajstić information content (AvgIpc) is 3.23. The van der Waals surface area contributed by atoms with Crippen LogP contribution >= 0.6 is 11.3 Å². The highest BCUT2D eigenvalue weighted by atomic mass is 32.1. The van der Waals surface area contributed by atoms with Crippen molar-refractivity contribution in [1.82, 2.24) is 0 Å². The van der Waals surface area contributed by atoms with E-state index in [1.165, 1.54) is 17.8 Å². The summed E-state index contributed by atoms with van der Waals surface area (Å²) < 4.78 is 0. The standard InChI is InChI=1S/C19H19NO3S/c21-17(16-5-4-10-24-16)20-12-19(8-2-1-3-9-19)14-11-13(18(22)23)6-7-15(14)20/h4-7,10-11H,1-3,8-9,12H2,(H,22,23). The number of anilines is 1. The third kappa shape index (κ3) is 2.35. The van der Waals surface area contributed by atoms with Crippen molar-refractivity contribution in [3.63, 3.8) is 0 Å². The van der Waals surface area contributed by atoms with E-state index < -0.39 is 5.97 Å². The summed E-state index contributed by atoms with van der Waals surface area (Å²) in [6, 6.07) is 8.96. The number of aromatic carboxylic acids is 1. The molecule has 1 saturated carbocycles. The van der Waals surface area contributed by atoms with Crippen molar-refractivity contribution in [3.05, 3.63) is 51.7 Å². The van der Waals surface area contributed by atoms with Gasteiger partial charge in [-0.25, -0.2) is 4.79 Å². The van der Waals surface area contributed by atoms with Crippen molar-refractivity contribution in [3.8, 4) is 0 Å². The highest BCUT2D eigenvalue weighted by molar-refractivity contribution is 7.12. The highest BCUT2D eigenvalue weighted by Gasteiger charge is 2.45. The first-order valence-corrected chi connectivity index (χ1v) is 9.22. The number of thiophene rings is 1. The minimum Gasteiger partial charge on any atom is -0.478 e. The summed E-state index contributed by atoms with van der Waals surface area (Å²) in [6.45, 7) is 0.669. The molecule has 0 saturated heterocycles. The number of rotatable bonds is 2. The van der Waals surface area contributed by atoms with Crippen molar-refractivity contribution >= 4 is 28.9 Å². The average molecular weight is 341 g/mol. The van der Waals surface area contributed by atoms with Crippen LogP contribution in [-0.2, 0) is 5.41 Å². The zero-order chi connectivity index (χ0) is 16.7. The SMILES string of the molecule is O=C(O)c1ccc2c(c1)C1(CCCCC1)CN2C(=O)c1cccs1. The first-order chi connectivity index (χ1) is 11.6. The van der Waals surface area contributed by atoms with Gasteiger partial charge in [0.2, 0.25) is 0 Å². The predicted molar refractivity (Wildman–Crippen MR) is 94.2 cm³/mol. The number of fused-ring (bicyclic) bond motifs is 2. The molecule has 1 aromatic carbocycles. The molecule has 1 aromatic heterocycles. The van der Waals surface area contributed by atoms with Gasteiger partial charge in [0.1, 0.15) is 0 Å². The van der Waals surface area contributed by atoms with Gasteiger partial charge in [-0.05, 0) is 48.1 Å². The molecule has 5 heteroatoms. The number of hydrogen-bond acceptors (Lipinski definition) is 3. The number of carbonyl (C=O) groups is 2. The van der Waals surface area contributed by atoms with E-state index in [9.17, 15) is 14.7 Å². The topological polar surface area (TPSA) is 57.6 Å². The number of amides is 1. The van der Waals surface area contributed by atoms with Gasteiger partial charge in [-0.2, -0.15) is 0 Å². The fourth-order valence-corrected chi connectivity index (χ4v) is 4.84. The molecule has 1 spiro atoms. The Balaban J connectivity index is 1.80. The summed E-state index contributed by atoms with van der Waals surface area (Å²) in [5.41, 5.74) is 2.17. The summed E-state index contributed by atoms with van der Waals surface area (Å²) in [7, 11) is 0. The molecule has 24 heavy (non-hydrogen) atoms. The largest absolute Gasteiger partial charge is 0.478 e. The Labute approximate surface area is 144 Å². The molecular formula is C19H19NO3S. The van der Waals surface area contributed by atoms with Gasteiger partial charge in [0, 0.05) is 17.6 Å². The molecule has 1 aliphatic heterocycles. The molecular weight excluding hydrogens is 322 g/mol. The van der Waals surface area contributed by atoms with Crippen LogP contribution in [0, 0.1) is 0 Å². The van der Waals surface area contributed by atoms with E-state index in [0.29, 0.717) is 12.1 Å². The van der Waals surface area contributed by atoms with E-state index in [-0.39, 0.29) is 11.3 Å². The molecule has 2 heterocycles. The van der Waals surface area contributed by atoms with Crippen LogP contribution in [0.5, 0.6) is 0 Å². The van der Waals surface area contributed by atoms with Gasteiger partial charge in [-0.1, -0.05) is 25.3 Å².